The van der Waals surface area contributed by atoms with Gasteiger partial charge >= 0.3 is 5.97 Å². The minimum absolute atomic E-state index is 0.0422. The van der Waals surface area contributed by atoms with E-state index in [1.54, 1.807) is 24.0 Å². The summed E-state index contributed by atoms with van der Waals surface area (Å²) in [5, 5.41) is 0.634. The fraction of sp³-hybridized carbons (Fsp3) is 0.333. The van der Waals surface area contributed by atoms with E-state index in [1.165, 1.54) is 7.11 Å². The van der Waals surface area contributed by atoms with Crippen LogP contribution in [0.4, 0.5) is 0 Å². The van der Waals surface area contributed by atoms with Crippen LogP contribution in [-0.2, 0) is 20.7 Å². The SMILES string of the molecule is COC(=O)C(C)CN(C(=O)Cc1ccc(Cl)cc1)C(C)c1ccccc1. The van der Waals surface area contributed by atoms with Gasteiger partial charge in [-0.05, 0) is 30.2 Å². The molecule has 2 aromatic carbocycles. The van der Waals surface area contributed by atoms with Gasteiger partial charge in [0.2, 0.25) is 5.91 Å². The number of amides is 1. The van der Waals surface area contributed by atoms with Crippen molar-refractivity contribution >= 4 is 23.5 Å². The van der Waals surface area contributed by atoms with Gasteiger partial charge in [-0.1, -0.05) is 61.0 Å². The molecule has 0 aliphatic heterocycles. The van der Waals surface area contributed by atoms with E-state index in [-0.39, 0.29) is 24.3 Å². The summed E-state index contributed by atoms with van der Waals surface area (Å²) in [5.74, 6) is -0.769. The largest absolute Gasteiger partial charge is 0.469 e. The van der Waals surface area contributed by atoms with Gasteiger partial charge in [0, 0.05) is 11.6 Å². The highest BCUT2D eigenvalue weighted by atomic mass is 35.5. The Morgan fingerprint density at radius 1 is 1.04 bits per heavy atom. The fourth-order valence-corrected chi connectivity index (χ4v) is 2.96. The maximum Gasteiger partial charge on any atom is 0.310 e. The van der Waals surface area contributed by atoms with E-state index >= 15 is 0 Å². The molecule has 5 heteroatoms. The van der Waals surface area contributed by atoms with E-state index < -0.39 is 5.92 Å². The van der Waals surface area contributed by atoms with Gasteiger partial charge in [0.25, 0.3) is 0 Å². The predicted octanol–water partition coefficient (Wildman–Crippen LogP) is 4.28. The second kappa shape index (κ2) is 9.39. The van der Waals surface area contributed by atoms with Crippen LogP contribution >= 0.6 is 11.6 Å². The fourth-order valence-electron chi connectivity index (χ4n) is 2.84. The third-order valence-corrected chi connectivity index (χ3v) is 4.66. The molecule has 0 bridgehead atoms. The zero-order chi connectivity index (χ0) is 19.1. The lowest BCUT2D eigenvalue weighted by Gasteiger charge is -2.31. The maximum absolute atomic E-state index is 13.0. The molecule has 0 spiro atoms. The van der Waals surface area contributed by atoms with Crippen LogP contribution in [0, 0.1) is 5.92 Å². The van der Waals surface area contributed by atoms with Crippen LogP contribution in [0.25, 0.3) is 0 Å². The van der Waals surface area contributed by atoms with Gasteiger partial charge in [0.05, 0.1) is 25.5 Å². The predicted molar refractivity (Wildman–Crippen MR) is 103 cm³/mol. The monoisotopic (exact) mass is 373 g/mol. The van der Waals surface area contributed by atoms with Gasteiger partial charge in [0.15, 0.2) is 0 Å². The number of halogens is 1. The molecule has 2 atom stereocenters. The van der Waals surface area contributed by atoms with Crippen molar-refractivity contribution in [2.24, 2.45) is 5.92 Å². The van der Waals surface area contributed by atoms with E-state index in [9.17, 15) is 9.59 Å². The molecule has 4 nitrogen and oxygen atoms in total. The Morgan fingerprint density at radius 3 is 2.23 bits per heavy atom. The van der Waals surface area contributed by atoms with E-state index in [0.29, 0.717) is 11.6 Å². The second-order valence-corrected chi connectivity index (χ2v) is 6.80. The smallest absolute Gasteiger partial charge is 0.310 e. The Labute approximate surface area is 159 Å². The van der Waals surface area contributed by atoms with Crippen molar-refractivity contribution < 1.29 is 14.3 Å². The highest BCUT2D eigenvalue weighted by molar-refractivity contribution is 6.30. The molecule has 2 aromatic rings. The number of carbonyl (C=O) groups excluding carboxylic acids is 2. The Kier molecular flexibility index (Phi) is 7.22. The van der Waals surface area contributed by atoms with Crippen LogP contribution in [0.15, 0.2) is 54.6 Å². The summed E-state index contributed by atoms with van der Waals surface area (Å²) >= 11 is 5.91. The van der Waals surface area contributed by atoms with Crippen LogP contribution in [0.5, 0.6) is 0 Å². The lowest BCUT2D eigenvalue weighted by Crippen LogP contribution is -2.39. The molecular weight excluding hydrogens is 350 g/mol. The van der Waals surface area contributed by atoms with Crippen molar-refractivity contribution in [2.45, 2.75) is 26.3 Å². The summed E-state index contributed by atoms with van der Waals surface area (Å²) in [5.41, 5.74) is 1.91. The minimum atomic E-state index is -0.402. The summed E-state index contributed by atoms with van der Waals surface area (Å²) in [4.78, 5) is 26.6. The number of rotatable bonds is 7. The first kappa shape index (κ1) is 20.0. The maximum atomic E-state index is 13.0. The normalized spacial score (nSPS) is 12.9. The van der Waals surface area contributed by atoms with E-state index in [0.717, 1.165) is 11.1 Å². The first-order valence-corrected chi connectivity index (χ1v) is 8.97. The molecule has 2 rings (SSSR count). The summed E-state index contributed by atoms with van der Waals surface area (Å²) in [6, 6.07) is 16.9. The van der Waals surface area contributed by atoms with Crippen LogP contribution in [-0.4, -0.2) is 30.4 Å². The lowest BCUT2D eigenvalue weighted by molar-refractivity contribution is -0.147. The molecule has 0 aliphatic carbocycles. The number of ether oxygens (including phenoxy) is 1. The topological polar surface area (TPSA) is 46.6 Å². The zero-order valence-electron chi connectivity index (χ0n) is 15.3. The van der Waals surface area contributed by atoms with Crippen LogP contribution in [0.2, 0.25) is 5.02 Å². The van der Waals surface area contributed by atoms with Crippen LogP contribution in [0.3, 0.4) is 0 Å². The molecule has 1 amide bonds. The molecule has 0 aliphatic rings. The molecule has 0 N–H and O–H groups in total. The van der Waals surface area contributed by atoms with E-state index in [4.69, 9.17) is 16.3 Å². The van der Waals surface area contributed by atoms with Crippen molar-refractivity contribution in [1.29, 1.82) is 0 Å². The average molecular weight is 374 g/mol. The number of benzene rings is 2. The Bertz CT molecular complexity index is 731. The molecule has 0 saturated carbocycles. The lowest BCUT2D eigenvalue weighted by atomic mass is 10.0. The van der Waals surface area contributed by atoms with E-state index in [2.05, 4.69) is 0 Å². The molecule has 0 heterocycles. The van der Waals surface area contributed by atoms with Gasteiger partial charge in [0.1, 0.15) is 0 Å². The number of hydrogen-bond acceptors (Lipinski definition) is 3. The summed E-state index contributed by atoms with van der Waals surface area (Å²) in [6.07, 6.45) is 0.252. The third kappa shape index (κ3) is 5.33. The molecule has 2 unspecified atom stereocenters. The number of methoxy groups -OCH3 is 1. The van der Waals surface area contributed by atoms with Gasteiger partial charge in [-0.25, -0.2) is 0 Å². The number of carbonyl (C=O) groups is 2. The van der Waals surface area contributed by atoms with Gasteiger partial charge in [-0.3, -0.25) is 9.59 Å². The van der Waals surface area contributed by atoms with Crippen molar-refractivity contribution in [3.05, 3.63) is 70.7 Å². The third-order valence-electron chi connectivity index (χ3n) is 4.41. The molecule has 0 fully saturated rings. The molecular formula is C21H24ClNO3. The Balaban J connectivity index is 2.22. The first-order chi connectivity index (χ1) is 12.4. The molecule has 138 valence electrons. The van der Waals surface area contributed by atoms with Crippen molar-refractivity contribution in [2.75, 3.05) is 13.7 Å². The van der Waals surface area contributed by atoms with Gasteiger partial charge in [-0.2, -0.15) is 0 Å². The molecule has 26 heavy (non-hydrogen) atoms. The van der Waals surface area contributed by atoms with Crippen molar-refractivity contribution in [3.63, 3.8) is 0 Å². The quantitative estimate of drug-likeness (QED) is 0.680. The summed E-state index contributed by atoms with van der Waals surface area (Å²) < 4.78 is 4.82. The van der Waals surface area contributed by atoms with Gasteiger partial charge in [-0.15, -0.1) is 0 Å². The Hall–Kier alpha value is -2.33. The molecule has 0 radical (unpaired) electrons. The van der Waals surface area contributed by atoms with Crippen molar-refractivity contribution in [1.82, 2.24) is 4.90 Å². The number of nitrogens with zero attached hydrogens (tertiary/aromatic N) is 1. The number of hydrogen-bond donors (Lipinski definition) is 0. The van der Waals surface area contributed by atoms with Crippen molar-refractivity contribution in [3.8, 4) is 0 Å². The van der Waals surface area contributed by atoms with E-state index in [1.807, 2.05) is 49.4 Å². The van der Waals surface area contributed by atoms with Gasteiger partial charge < -0.3 is 9.64 Å². The minimum Gasteiger partial charge on any atom is -0.469 e. The summed E-state index contributed by atoms with van der Waals surface area (Å²) in [6.45, 7) is 4.04. The Morgan fingerprint density at radius 2 is 1.65 bits per heavy atom. The highest BCUT2D eigenvalue weighted by Crippen LogP contribution is 2.23. The first-order valence-electron chi connectivity index (χ1n) is 8.59. The zero-order valence-corrected chi connectivity index (χ0v) is 16.1. The molecule has 0 saturated heterocycles. The second-order valence-electron chi connectivity index (χ2n) is 6.36. The highest BCUT2D eigenvalue weighted by Gasteiger charge is 2.26. The number of esters is 1. The average Bonchev–Trinajstić information content (AvgIpc) is 2.67. The standard InChI is InChI=1S/C21H24ClNO3/c1-15(21(25)26-3)14-23(16(2)18-7-5-4-6-8-18)20(24)13-17-9-11-19(22)12-10-17/h4-12,15-16H,13-14H2,1-3H3. The van der Waals surface area contributed by atoms with Crippen LogP contribution in [0.1, 0.15) is 31.0 Å². The molecule has 0 aromatic heterocycles. The summed E-state index contributed by atoms with van der Waals surface area (Å²) in [7, 11) is 1.36. The van der Waals surface area contributed by atoms with Crippen LogP contribution < -0.4 is 0 Å².